The van der Waals surface area contributed by atoms with Gasteiger partial charge in [0.15, 0.2) is 0 Å². The Kier molecular flexibility index (Phi) is 55.6. The monoisotopic (exact) mass is 1200 g/mol. The predicted molar refractivity (Wildman–Crippen MR) is 408 cm³/mol. The lowest BCUT2D eigenvalue weighted by Crippen LogP contribution is -1.73. The Labute approximate surface area is 555 Å². The highest BCUT2D eigenvalue weighted by atomic mass is 14.0. The minimum absolute atomic E-state index is 0. The third-order valence-corrected chi connectivity index (χ3v) is 11.1. The molecule has 15 rings (SSSR count). The summed E-state index contributed by atoms with van der Waals surface area (Å²) in [6.07, 6.45) is 0. The van der Waals surface area contributed by atoms with Crippen LogP contribution < -0.4 is 0 Å². The molecule has 92 heavy (non-hydrogen) atoms. The number of rotatable bonds is 2. The van der Waals surface area contributed by atoms with E-state index in [2.05, 4.69) is 97.1 Å². The quantitative estimate of drug-likeness (QED) is 0.162. The minimum atomic E-state index is 0. The first-order valence-electron chi connectivity index (χ1n) is 30.1. The summed E-state index contributed by atoms with van der Waals surface area (Å²) in [6.45, 7) is 0. The van der Waals surface area contributed by atoms with Crippen molar-refractivity contribution in [1.82, 2.24) is 0 Å². The standard InChI is InChI=1S/2C12H10.11C6H6.2CH4/c2*1-3-7-11(8-4-1)12-9-5-2-6-10-12;11*1-2-4-6-5-3-1;;/h2*1-10H;11*1-6H;2*1H4. The first-order chi connectivity index (χ1) is 44.9. The largest absolute Gasteiger partial charge is 0.0776 e. The van der Waals surface area contributed by atoms with Crippen molar-refractivity contribution in [1.29, 1.82) is 0 Å². The van der Waals surface area contributed by atoms with E-state index in [0.29, 0.717) is 0 Å². The molecule has 0 unspecified atom stereocenters. The maximum Gasteiger partial charge on any atom is -0.0184 e. The fourth-order valence-electron chi connectivity index (χ4n) is 6.76. The minimum Gasteiger partial charge on any atom is -0.0776 e. The molecule has 0 N–H and O–H groups in total. The summed E-state index contributed by atoms with van der Waals surface area (Å²) in [6, 6.07) is 174. The molecular weight excluding hydrogens is 1110 g/mol. The predicted octanol–water partition coefficient (Wildman–Crippen LogP) is 26.5. The van der Waals surface area contributed by atoms with Gasteiger partial charge in [-0.1, -0.05) is 537 Å². The van der Waals surface area contributed by atoms with Crippen LogP contribution in [0, 0.1) is 0 Å². The molecule has 0 saturated carbocycles. The molecule has 0 radical (unpaired) electrons. The lowest BCUT2D eigenvalue weighted by molar-refractivity contribution is 1.62. The fraction of sp³-hybridized carbons (Fsp3) is 0.0217. The van der Waals surface area contributed by atoms with Crippen LogP contribution in [0.5, 0.6) is 0 Å². The van der Waals surface area contributed by atoms with Gasteiger partial charge in [0, 0.05) is 0 Å². The van der Waals surface area contributed by atoms with Gasteiger partial charge in [0.1, 0.15) is 0 Å². The number of hydrogen-bond acceptors (Lipinski definition) is 0. The molecule has 0 heteroatoms. The summed E-state index contributed by atoms with van der Waals surface area (Å²) in [4.78, 5) is 0. The molecule has 15 aromatic carbocycles. The molecule has 0 heterocycles. The van der Waals surface area contributed by atoms with Crippen molar-refractivity contribution >= 4 is 0 Å². The molecule has 0 fully saturated rings. The van der Waals surface area contributed by atoms with Gasteiger partial charge < -0.3 is 0 Å². The summed E-state index contributed by atoms with van der Waals surface area (Å²) in [5, 5.41) is 0. The van der Waals surface area contributed by atoms with Crippen LogP contribution in [0.3, 0.4) is 0 Å². The smallest absolute Gasteiger partial charge is 0.0184 e. The summed E-state index contributed by atoms with van der Waals surface area (Å²) in [5.41, 5.74) is 5.10. The van der Waals surface area contributed by atoms with Gasteiger partial charge in [-0.3, -0.25) is 0 Å². The lowest BCUT2D eigenvalue weighted by Gasteiger charge is -1.98. The maximum absolute atomic E-state index is 2.12. The Hall–Kier alpha value is -11.7. The van der Waals surface area contributed by atoms with Crippen LogP contribution in [-0.4, -0.2) is 0 Å². The van der Waals surface area contributed by atoms with E-state index < -0.39 is 0 Å². The van der Waals surface area contributed by atoms with E-state index in [4.69, 9.17) is 0 Å². The van der Waals surface area contributed by atoms with E-state index in [1.807, 2.05) is 425 Å². The third kappa shape index (κ3) is 52.6. The average Bonchev–Trinajstić information content (AvgIpc) is 3.18. The van der Waals surface area contributed by atoms with E-state index in [0.717, 1.165) is 0 Å². The van der Waals surface area contributed by atoms with Crippen molar-refractivity contribution < 1.29 is 0 Å². The highest BCUT2D eigenvalue weighted by molar-refractivity contribution is 5.63. The van der Waals surface area contributed by atoms with E-state index in [1.54, 1.807) is 0 Å². The molecule has 0 spiro atoms. The van der Waals surface area contributed by atoms with E-state index in [9.17, 15) is 0 Å². The molecule has 0 saturated heterocycles. The van der Waals surface area contributed by atoms with Crippen molar-refractivity contribution in [3.05, 3.63) is 522 Å². The van der Waals surface area contributed by atoms with E-state index in [1.165, 1.54) is 22.3 Å². The zero-order valence-corrected chi connectivity index (χ0v) is 51.7. The van der Waals surface area contributed by atoms with Gasteiger partial charge in [0.2, 0.25) is 0 Å². The Morgan fingerprint density at radius 2 is 0.109 bits per heavy atom. The van der Waals surface area contributed by atoms with Gasteiger partial charge in [-0.05, 0) is 22.3 Å². The third-order valence-electron chi connectivity index (χ3n) is 11.1. The van der Waals surface area contributed by atoms with Gasteiger partial charge >= 0.3 is 0 Å². The molecule has 0 aliphatic heterocycles. The van der Waals surface area contributed by atoms with Crippen molar-refractivity contribution in [2.24, 2.45) is 0 Å². The molecule has 0 nitrogen and oxygen atoms in total. The second-order valence-electron chi connectivity index (χ2n) is 18.2. The van der Waals surface area contributed by atoms with Crippen LogP contribution in [0.15, 0.2) is 522 Å². The van der Waals surface area contributed by atoms with Gasteiger partial charge in [-0.25, -0.2) is 0 Å². The molecule has 0 amide bonds. The fourth-order valence-corrected chi connectivity index (χ4v) is 6.76. The van der Waals surface area contributed by atoms with Gasteiger partial charge in [-0.2, -0.15) is 0 Å². The SMILES string of the molecule is C.C.c1ccc(-c2ccccc2)cc1.c1ccc(-c2ccccc2)cc1.c1ccccc1.c1ccccc1.c1ccccc1.c1ccccc1.c1ccccc1.c1ccccc1.c1ccccc1.c1ccccc1.c1ccccc1.c1ccccc1.c1ccccc1. The molecule has 0 aliphatic carbocycles. The summed E-state index contributed by atoms with van der Waals surface area (Å²) >= 11 is 0. The van der Waals surface area contributed by atoms with E-state index >= 15 is 0 Å². The van der Waals surface area contributed by atoms with Gasteiger partial charge in [-0.15, -0.1) is 0 Å². The van der Waals surface area contributed by atoms with Crippen LogP contribution >= 0.6 is 0 Å². The first-order valence-corrected chi connectivity index (χ1v) is 30.1. The molecule has 0 aliphatic rings. The Balaban J connectivity index is 0.000000503. The van der Waals surface area contributed by atoms with Crippen LogP contribution in [0.2, 0.25) is 0 Å². The summed E-state index contributed by atoms with van der Waals surface area (Å²) in [7, 11) is 0. The zero-order chi connectivity index (χ0) is 63.1. The molecule has 0 bridgehead atoms. The molecular formula is C92H94. The second-order valence-corrected chi connectivity index (χ2v) is 18.2. The van der Waals surface area contributed by atoms with Crippen molar-refractivity contribution in [2.75, 3.05) is 0 Å². The van der Waals surface area contributed by atoms with Gasteiger partial charge in [0.05, 0.1) is 0 Å². The average molecular weight is 1200 g/mol. The highest BCUT2D eigenvalue weighted by Gasteiger charge is 1.93. The number of benzene rings is 15. The van der Waals surface area contributed by atoms with Crippen LogP contribution in [0.25, 0.3) is 22.3 Å². The Bertz CT molecular complexity index is 2500. The highest BCUT2D eigenvalue weighted by Crippen LogP contribution is 2.18. The van der Waals surface area contributed by atoms with Gasteiger partial charge in [0.25, 0.3) is 0 Å². The summed E-state index contributed by atoms with van der Waals surface area (Å²) < 4.78 is 0. The van der Waals surface area contributed by atoms with Crippen LogP contribution in [0.4, 0.5) is 0 Å². The topological polar surface area (TPSA) is 0 Å². The van der Waals surface area contributed by atoms with Crippen LogP contribution in [-0.2, 0) is 0 Å². The summed E-state index contributed by atoms with van der Waals surface area (Å²) in [5.74, 6) is 0. The maximum atomic E-state index is 2.12. The molecule has 462 valence electrons. The second kappa shape index (κ2) is 65.3. The van der Waals surface area contributed by atoms with E-state index in [-0.39, 0.29) is 14.9 Å². The molecule has 0 aromatic heterocycles. The molecule has 0 atom stereocenters. The lowest BCUT2D eigenvalue weighted by atomic mass is 10.1. The number of hydrogen-bond donors (Lipinski definition) is 0. The Morgan fingerprint density at radius 1 is 0.0652 bits per heavy atom. The first kappa shape index (κ1) is 78.3. The zero-order valence-electron chi connectivity index (χ0n) is 51.7. The van der Waals surface area contributed by atoms with Crippen molar-refractivity contribution in [3.63, 3.8) is 0 Å². The molecule has 15 aromatic rings. The van der Waals surface area contributed by atoms with Crippen molar-refractivity contribution in [3.8, 4) is 22.3 Å². The Morgan fingerprint density at radius 3 is 0.163 bits per heavy atom. The van der Waals surface area contributed by atoms with Crippen LogP contribution in [0.1, 0.15) is 14.9 Å². The van der Waals surface area contributed by atoms with Crippen molar-refractivity contribution in [2.45, 2.75) is 14.9 Å². The normalized spacial score (nSPS) is 8.26.